The van der Waals surface area contributed by atoms with E-state index in [4.69, 9.17) is 4.74 Å². The van der Waals surface area contributed by atoms with Crippen molar-refractivity contribution in [2.45, 2.75) is 76.6 Å². The lowest BCUT2D eigenvalue weighted by Crippen LogP contribution is -2.69. The van der Waals surface area contributed by atoms with E-state index in [1.807, 2.05) is 7.05 Å². The number of hydrogen-bond donors (Lipinski definition) is 2. The summed E-state index contributed by atoms with van der Waals surface area (Å²) in [4.78, 5) is 7.19. The number of nitrogens with zero attached hydrogens (tertiary/aromatic N) is 2. The van der Waals surface area contributed by atoms with E-state index in [1.165, 1.54) is 45.2 Å². The molecule has 0 amide bonds. The van der Waals surface area contributed by atoms with Gasteiger partial charge in [0.25, 0.3) is 0 Å². The molecule has 3 saturated carbocycles. The second kappa shape index (κ2) is 7.89. The summed E-state index contributed by atoms with van der Waals surface area (Å²) in [6.45, 7) is 7.72. The molecule has 25 heavy (non-hydrogen) atoms. The van der Waals surface area contributed by atoms with E-state index in [2.05, 4.69) is 34.4 Å². The number of aliphatic imine (C=N–C) groups is 1. The van der Waals surface area contributed by atoms with Crippen molar-refractivity contribution in [3.8, 4) is 0 Å². The van der Waals surface area contributed by atoms with Gasteiger partial charge in [-0.15, -0.1) is 24.0 Å². The first kappa shape index (κ1) is 19.7. The minimum absolute atomic E-state index is 0. The van der Waals surface area contributed by atoms with Gasteiger partial charge in [0.1, 0.15) is 0 Å². The predicted octanol–water partition coefficient (Wildman–Crippen LogP) is 2.60. The van der Waals surface area contributed by atoms with Gasteiger partial charge in [0.05, 0.1) is 6.10 Å². The van der Waals surface area contributed by atoms with Crippen LogP contribution >= 0.6 is 24.0 Å². The van der Waals surface area contributed by atoms with Crippen LogP contribution in [0.25, 0.3) is 0 Å². The molecule has 0 radical (unpaired) electrons. The molecule has 4 unspecified atom stereocenters. The SMILES string of the molecule is CCOC1CC(NC(=NC)NC2CN(C3CC3)CC2C)C12CCC2.I. The summed E-state index contributed by atoms with van der Waals surface area (Å²) >= 11 is 0. The van der Waals surface area contributed by atoms with Crippen molar-refractivity contribution in [1.82, 2.24) is 15.5 Å². The van der Waals surface area contributed by atoms with Crippen LogP contribution in [0.15, 0.2) is 4.99 Å². The Balaban J connectivity index is 0.00000182. The first-order valence-electron chi connectivity index (χ1n) is 10.0. The average molecular weight is 462 g/mol. The van der Waals surface area contributed by atoms with Crippen LogP contribution < -0.4 is 10.6 Å². The van der Waals surface area contributed by atoms with Crippen LogP contribution in [0.1, 0.15) is 52.4 Å². The number of hydrogen-bond acceptors (Lipinski definition) is 3. The number of guanidine groups is 1. The van der Waals surface area contributed by atoms with Crippen LogP contribution in [-0.2, 0) is 4.74 Å². The van der Waals surface area contributed by atoms with Crippen LogP contribution in [0.2, 0.25) is 0 Å². The fourth-order valence-corrected chi connectivity index (χ4v) is 5.08. The van der Waals surface area contributed by atoms with Crippen molar-refractivity contribution < 1.29 is 4.74 Å². The van der Waals surface area contributed by atoms with Crippen LogP contribution in [0.5, 0.6) is 0 Å². The maximum absolute atomic E-state index is 5.97. The smallest absolute Gasteiger partial charge is 0.191 e. The second-order valence-corrected chi connectivity index (χ2v) is 8.45. The Bertz CT molecular complexity index is 492. The average Bonchev–Trinajstić information content (AvgIpc) is 3.28. The molecule has 4 fully saturated rings. The van der Waals surface area contributed by atoms with Gasteiger partial charge in [-0.25, -0.2) is 0 Å². The third kappa shape index (κ3) is 3.68. The van der Waals surface area contributed by atoms with Gasteiger partial charge >= 0.3 is 0 Å². The minimum atomic E-state index is 0. The largest absolute Gasteiger partial charge is 0.378 e. The molecule has 0 aromatic carbocycles. The Morgan fingerprint density at radius 2 is 2.00 bits per heavy atom. The van der Waals surface area contributed by atoms with Crippen molar-refractivity contribution >= 4 is 29.9 Å². The lowest BCUT2D eigenvalue weighted by atomic mass is 9.51. The minimum Gasteiger partial charge on any atom is -0.378 e. The summed E-state index contributed by atoms with van der Waals surface area (Å²) in [6.07, 6.45) is 8.35. The van der Waals surface area contributed by atoms with E-state index in [0.717, 1.165) is 25.0 Å². The van der Waals surface area contributed by atoms with E-state index in [9.17, 15) is 0 Å². The van der Waals surface area contributed by atoms with E-state index >= 15 is 0 Å². The van der Waals surface area contributed by atoms with Gasteiger partial charge in [0, 0.05) is 50.3 Å². The zero-order valence-corrected chi connectivity index (χ0v) is 18.3. The van der Waals surface area contributed by atoms with Gasteiger partial charge in [-0.1, -0.05) is 13.3 Å². The van der Waals surface area contributed by atoms with Crippen molar-refractivity contribution in [3.63, 3.8) is 0 Å². The topological polar surface area (TPSA) is 48.9 Å². The Labute approximate surface area is 169 Å². The molecule has 1 spiro atoms. The van der Waals surface area contributed by atoms with Gasteiger partial charge in [0.15, 0.2) is 5.96 Å². The van der Waals surface area contributed by atoms with Crippen molar-refractivity contribution in [3.05, 3.63) is 0 Å². The summed E-state index contributed by atoms with van der Waals surface area (Å²) in [5, 5.41) is 7.45. The molecule has 1 saturated heterocycles. The van der Waals surface area contributed by atoms with Crippen molar-refractivity contribution in [1.29, 1.82) is 0 Å². The van der Waals surface area contributed by atoms with Crippen LogP contribution in [0.4, 0.5) is 0 Å². The van der Waals surface area contributed by atoms with Crippen LogP contribution in [-0.4, -0.2) is 61.8 Å². The molecule has 1 aliphatic heterocycles. The maximum Gasteiger partial charge on any atom is 0.191 e. The highest BCUT2D eigenvalue weighted by Gasteiger charge is 2.59. The normalized spacial score (nSPS) is 37.2. The Hall–Kier alpha value is -0.0800. The maximum atomic E-state index is 5.97. The van der Waals surface area contributed by atoms with Gasteiger partial charge in [-0.05, 0) is 44.9 Å². The molecule has 144 valence electrons. The molecular weight excluding hydrogens is 427 g/mol. The molecule has 0 bridgehead atoms. The highest BCUT2D eigenvalue weighted by Crippen LogP contribution is 2.57. The predicted molar refractivity (Wildman–Crippen MR) is 113 cm³/mol. The van der Waals surface area contributed by atoms with E-state index in [-0.39, 0.29) is 24.0 Å². The first-order chi connectivity index (χ1) is 11.7. The van der Waals surface area contributed by atoms with Crippen molar-refractivity contribution in [2.24, 2.45) is 16.3 Å². The monoisotopic (exact) mass is 462 g/mol. The highest BCUT2D eigenvalue weighted by molar-refractivity contribution is 14.0. The molecule has 0 aromatic heterocycles. The van der Waals surface area contributed by atoms with Gasteiger partial charge in [-0.3, -0.25) is 9.89 Å². The summed E-state index contributed by atoms with van der Waals surface area (Å²) in [5.41, 5.74) is 0.384. The third-order valence-corrected chi connectivity index (χ3v) is 7.00. The van der Waals surface area contributed by atoms with Gasteiger partial charge < -0.3 is 15.4 Å². The zero-order valence-electron chi connectivity index (χ0n) is 16.0. The fourth-order valence-electron chi connectivity index (χ4n) is 5.08. The lowest BCUT2D eigenvalue weighted by molar-refractivity contribution is -0.168. The standard InChI is InChI=1S/C19H34N4O.HI/c1-4-24-17-10-16(19(17)8-5-9-19)22-18(20-3)21-15-12-23(11-13(15)2)14-6-7-14;/h13-17H,4-12H2,1-3H3,(H2,20,21,22);1H. The Kier molecular flexibility index (Phi) is 6.21. The fraction of sp³-hybridized carbons (Fsp3) is 0.947. The van der Waals surface area contributed by atoms with Crippen LogP contribution in [0, 0.1) is 11.3 Å². The molecule has 1 heterocycles. The highest BCUT2D eigenvalue weighted by atomic mass is 127. The zero-order chi connectivity index (χ0) is 16.7. The molecule has 4 aliphatic rings. The number of halogens is 1. The van der Waals surface area contributed by atoms with Crippen molar-refractivity contribution in [2.75, 3.05) is 26.7 Å². The molecule has 5 nitrogen and oxygen atoms in total. The number of ether oxygens (including phenoxy) is 1. The molecule has 4 rings (SSSR count). The third-order valence-electron chi connectivity index (χ3n) is 7.00. The van der Waals surface area contributed by atoms with Crippen LogP contribution in [0.3, 0.4) is 0 Å². The quantitative estimate of drug-likeness (QED) is 0.375. The van der Waals surface area contributed by atoms with Gasteiger partial charge in [0.2, 0.25) is 0 Å². The number of nitrogens with one attached hydrogen (secondary N) is 2. The second-order valence-electron chi connectivity index (χ2n) is 8.45. The summed E-state index contributed by atoms with van der Waals surface area (Å²) in [5.74, 6) is 1.69. The van der Waals surface area contributed by atoms with E-state index < -0.39 is 0 Å². The van der Waals surface area contributed by atoms with Gasteiger partial charge in [-0.2, -0.15) is 0 Å². The Morgan fingerprint density at radius 1 is 1.24 bits per heavy atom. The Morgan fingerprint density at radius 3 is 2.56 bits per heavy atom. The summed E-state index contributed by atoms with van der Waals surface area (Å²) in [6, 6.07) is 1.92. The molecule has 4 atom stereocenters. The van der Waals surface area contributed by atoms with E-state index in [1.54, 1.807) is 0 Å². The number of rotatable bonds is 5. The lowest BCUT2D eigenvalue weighted by Gasteiger charge is -2.61. The molecule has 2 N–H and O–H groups in total. The molecule has 0 aromatic rings. The first-order valence-corrected chi connectivity index (χ1v) is 10.0. The molecule has 6 heteroatoms. The summed E-state index contributed by atoms with van der Waals surface area (Å²) in [7, 11) is 1.90. The molecule has 3 aliphatic carbocycles. The number of likely N-dealkylation sites (tertiary alicyclic amines) is 1. The summed E-state index contributed by atoms with van der Waals surface area (Å²) < 4.78 is 5.97. The van der Waals surface area contributed by atoms with E-state index in [0.29, 0.717) is 29.5 Å². The molecular formula is C19H35IN4O.